The van der Waals surface area contributed by atoms with Gasteiger partial charge >= 0.3 is 0 Å². The number of benzene rings is 2. The number of rotatable bonds is 3. The van der Waals surface area contributed by atoms with E-state index in [4.69, 9.17) is 11.6 Å². The van der Waals surface area contributed by atoms with Crippen molar-refractivity contribution in [1.82, 2.24) is 5.32 Å². The summed E-state index contributed by atoms with van der Waals surface area (Å²) in [6, 6.07) is 14.9. The Hall–Kier alpha value is -1.31. The SMILES string of the molecule is CNCc1ccc(-c2ccc(C(C)(C)C)cc2)c(Cl)c1. The van der Waals surface area contributed by atoms with Crippen molar-refractivity contribution in [2.45, 2.75) is 32.7 Å². The van der Waals surface area contributed by atoms with Gasteiger partial charge in [0.05, 0.1) is 0 Å². The predicted octanol–water partition coefficient (Wildman–Crippen LogP) is 5.02. The molecule has 0 fully saturated rings. The minimum Gasteiger partial charge on any atom is -0.316 e. The van der Waals surface area contributed by atoms with E-state index in [1.54, 1.807) is 0 Å². The third kappa shape index (κ3) is 3.41. The number of hydrogen-bond acceptors (Lipinski definition) is 1. The van der Waals surface area contributed by atoms with Gasteiger partial charge in [-0.15, -0.1) is 0 Å². The molecule has 0 spiro atoms. The van der Waals surface area contributed by atoms with Gasteiger partial charge in [-0.1, -0.05) is 68.8 Å². The highest BCUT2D eigenvalue weighted by Gasteiger charge is 2.13. The van der Waals surface area contributed by atoms with Crippen LogP contribution in [0.1, 0.15) is 31.9 Å². The molecule has 0 bridgehead atoms. The number of halogens is 1. The van der Waals surface area contributed by atoms with Crippen LogP contribution in [-0.4, -0.2) is 7.05 Å². The van der Waals surface area contributed by atoms with Crippen molar-refractivity contribution < 1.29 is 0 Å². The monoisotopic (exact) mass is 287 g/mol. The predicted molar refractivity (Wildman–Crippen MR) is 88.4 cm³/mol. The van der Waals surface area contributed by atoms with Crippen molar-refractivity contribution in [2.24, 2.45) is 0 Å². The van der Waals surface area contributed by atoms with E-state index in [9.17, 15) is 0 Å². The van der Waals surface area contributed by atoms with Crippen LogP contribution >= 0.6 is 11.6 Å². The summed E-state index contributed by atoms with van der Waals surface area (Å²) in [7, 11) is 1.94. The maximum atomic E-state index is 6.40. The van der Waals surface area contributed by atoms with Crippen molar-refractivity contribution >= 4 is 11.6 Å². The molecule has 2 heteroatoms. The molecular formula is C18H22ClN. The lowest BCUT2D eigenvalue weighted by atomic mass is 9.86. The lowest BCUT2D eigenvalue weighted by Crippen LogP contribution is -2.10. The van der Waals surface area contributed by atoms with E-state index < -0.39 is 0 Å². The zero-order chi connectivity index (χ0) is 14.8. The third-order valence-corrected chi connectivity index (χ3v) is 3.79. The van der Waals surface area contributed by atoms with Crippen LogP contribution in [0.15, 0.2) is 42.5 Å². The highest BCUT2D eigenvalue weighted by atomic mass is 35.5. The molecule has 0 saturated carbocycles. The van der Waals surface area contributed by atoms with Crippen molar-refractivity contribution in [3.63, 3.8) is 0 Å². The molecule has 1 nitrogen and oxygen atoms in total. The maximum Gasteiger partial charge on any atom is 0.0487 e. The molecule has 106 valence electrons. The summed E-state index contributed by atoms with van der Waals surface area (Å²) in [4.78, 5) is 0. The van der Waals surface area contributed by atoms with Gasteiger partial charge in [0, 0.05) is 17.1 Å². The molecule has 0 heterocycles. The normalized spacial score (nSPS) is 11.7. The molecule has 0 aliphatic carbocycles. The molecule has 2 rings (SSSR count). The van der Waals surface area contributed by atoms with Crippen LogP contribution in [0.5, 0.6) is 0 Å². The molecule has 0 aromatic heterocycles. The average molecular weight is 288 g/mol. The Morgan fingerprint density at radius 3 is 2.15 bits per heavy atom. The summed E-state index contributed by atoms with van der Waals surface area (Å²) < 4.78 is 0. The highest BCUT2D eigenvalue weighted by Crippen LogP contribution is 2.31. The number of hydrogen-bond donors (Lipinski definition) is 1. The number of nitrogens with one attached hydrogen (secondary N) is 1. The fourth-order valence-corrected chi connectivity index (χ4v) is 2.57. The Kier molecular flexibility index (Phi) is 4.52. The molecule has 0 radical (unpaired) electrons. The quantitative estimate of drug-likeness (QED) is 0.835. The van der Waals surface area contributed by atoms with Gasteiger partial charge in [-0.2, -0.15) is 0 Å². The van der Waals surface area contributed by atoms with Crippen molar-refractivity contribution in [1.29, 1.82) is 0 Å². The summed E-state index contributed by atoms with van der Waals surface area (Å²) >= 11 is 6.40. The maximum absolute atomic E-state index is 6.40. The van der Waals surface area contributed by atoms with Crippen LogP contribution in [-0.2, 0) is 12.0 Å². The van der Waals surface area contributed by atoms with Gasteiger partial charge in [-0.25, -0.2) is 0 Å². The van der Waals surface area contributed by atoms with E-state index in [2.05, 4.69) is 62.5 Å². The molecule has 0 atom stereocenters. The Bertz CT molecular complexity index is 579. The summed E-state index contributed by atoms with van der Waals surface area (Å²) in [6.07, 6.45) is 0. The lowest BCUT2D eigenvalue weighted by molar-refractivity contribution is 0.590. The van der Waals surface area contributed by atoms with E-state index in [1.807, 2.05) is 13.1 Å². The first-order valence-corrected chi connectivity index (χ1v) is 7.33. The fraction of sp³-hybridized carbons (Fsp3) is 0.333. The summed E-state index contributed by atoms with van der Waals surface area (Å²) in [5.41, 5.74) is 4.97. The van der Waals surface area contributed by atoms with Gasteiger partial charge in [0.25, 0.3) is 0 Å². The minimum absolute atomic E-state index is 0.180. The van der Waals surface area contributed by atoms with Crippen LogP contribution in [0, 0.1) is 0 Å². The first kappa shape index (κ1) is 15.1. The molecule has 1 N–H and O–H groups in total. The van der Waals surface area contributed by atoms with Crippen LogP contribution in [0.3, 0.4) is 0 Å². The van der Waals surface area contributed by atoms with Crippen LogP contribution in [0.4, 0.5) is 0 Å². The Morgan fingerprint density at radius 1 is 1.00 bits per heavy atom. The second kappa shape index (κ2) is 5.99. The van der Waals surface area contributed by atoms with Crippen molar-refractivity contribution in [2.75, 3.05) is 7.05 Å². The first-order chi connectivity index (χ1) is 9.41. The molecule has 2 aromatic carbocycles. The van der Waals surface area contributed by atoms with E-state index in [1.165, 1.54) is 16.7 Å². The Balaban J connectivity index is 2.32. The molecule has 2 aromatic rings. The molecule has 0 saturated heterocycles. The van der Waals surface area contributed by atoms with E-state index in [0.717, 1.165) is 17.1 Å². The molecule has 0 amide bonds. The summed E-state index contributed by atoms with van der Waals surface area (Å²) in [6.45, 7) is 7.51. The van der Waals surface area contributed by atoms with Crippen LogP contribution < -0.4 is 5.32 Å². The molecule has 0 aliphatic heterocycles. The molecule has 0 unspecified atom stereocenters. The van der Waals surface area contributed by atoms with Gasteiger partial charge < -0.3 is 5.32 Å². The van der Waals surface area contributed by atoms with Gasteiger partial charge in [-0.3, -0.25) is 0 Å². The van der Waals surface area contributed by atoms with E-state index in [-0.39, 0.29) is 5.41 Å². The van der Waals surface area contributed by atoms with Crippen LogP contribution in [0.25, 0.3) is 11.1 Å². The smallest absolute Gasteiger partial charge is 0.0487 e. The standard InChI is InChI=1S/C18H22ClN/c1-18(2,3)15-8-6-14(7-9-15)16-10-5-13(12-20-4)11-17(16)19/h5-11,20H,12H2,1-4H3. The lowest BCUT2D eigenvalue weighted by Gasteiger charge is -2.19. The first-order valence-electron chi connectivity index (χ1n) is 6.96. The largest absolute Gasteiger partial charge is 0.316 e. The summed E-state index contributed by atoms with van der Waals surface area (Å²) in [5, 5.41) is 3.94. The van der Waals surface area contributed by atoms with Crippen molar-refractivity contribution in [3.8, 4) is 11.1 Å². The summed E-state index contributed by atoms with van der Waals surface area (Å²) in [5.74, 6) is 0. The minimum atomic E-state index is 0.180. The second-order valence-corrected chi connectivity index (χ2v) is 6.58. The zero-order valence-corrected chi connectivity index (χ0v) is 13.4. The Morgan fingerprint density at radius 2 is 1.65 bits per heavy atom. The average Bonchev–Trinajstić information content (AvgIpc) is 2.38. The van der Waals surface area contributed by atoms with E-state index in [0.29, 0.717) is 0 Å². The molecule has 20 heavy (non-hydrogen) atoms. The third-order valence-electron chi connectivity index (χ3n) is 3.48. The zero-order valence-electron chi connectivity index (χ0n) is 12.6. The van der Waals surface area contributed by atoms with Gasteiger partial charge in [-0.05, 0) is 35.2 Å². The van der Waals surface area contributed by atoms with Gasteiger partial charge in [0.2, 0.25) is 0 Å². The Labute approximate surface area is 127 Å². The van der Waals surface area contributed by atoms with Gasteiger partial charge in [0.1, 0.15) is 0 Å². The van der Waals surface area contributed by atoms with E-state index >= 15 is 0 Å². The molecule has 0 aliphatic rings. The second-order valence-electron chi connectivity index (χ2n) is 6.17. The van der Waals surface area contributed by atoms with Crippen molar-refractivity contribution in [3.05, 3.63) is 58.6 Å². The van der Waals surface area contributed by atoms with Crippen LogP contribution in [0.2, 0.25) is 5.02 Å². The topological polar surface area (TPSA) is 12.0 Å². The van der Waals surface area contributed by atoms with Gasteiger partial charge in [0.15, 0.2) is 0 Å². The molecular weight excluding hydrogens is 266 g/mol. The fourth-order valence-electron chi connectivity index (χ4n) is 2.26. The highest BCUT2D eigenvalue weighted by molar-refractivity contribution is 6.33.